The molecule has 5 rings (SSSR count). The van der Waals surface area contributed by atoms with Crippen molar-refractivity contribution >= 4 is 33.3 Å². The van der Waals surface area contributed by atoms with Gasteiger partial charge in [-0.2, -0.15) is 8.42 Å². The molecule has 3 aliphatic rings. The molecule has 2 aromatic rings. The van der Waals surface area contributed by atoms with E-state index in [1.54, 1.807) is 18.2 Å². The van der Waals surface area contributed by atoms with Gasteiger partial charge in [-0.1, -0.05) is 51.4 Å². The van der Waals surface area contributed by atoms with Gasteiger partial charge in [0.2, 0.25) is 0 Å². The molecule has 1 heterocycles. The van der Waals surface area contributed by atoms with Gasteiger partial charge in [-0.25, -0.2) is 0 Å². The molecule has 2 aromatic carbocycles. The fourth-order valence-electron chi connectivity index (χ4n) is 5.74. The van der Waals surface area contributed by atoms with Gasteiger partial charge in [0, 0.05) is 46.3 Å². The smallest absolute Gasteiger partial charge is 0.339 e. The number of allylic oxidation sites excluding steroid dienone is 4. The van der Waals surface area contributed by atoms with Gasteiger partial charge in [0.1, 0.15) is 10.6 Å². The highest BCUT2D eigenvalue weighted by molar-refractivity contribution is 7.87. The van der Waals surface area contributed by atoms with Crippen LogP contribution in [0.4, 0.5) is 0 Å². The van der Waals surface area contributed by atoms with E-state index in [9.17, 15) is 18.0 Å². The fourth-order valence-corrected chi connectivity index (χ4v) is 6.79. The van der Waals surface area contributed by atoms with Crippen LogP contribution in [0.5, 0.6) is 5.75 Å². The van der Waals surface area contributed by atoms with E-state index in [0.717, 1.165) is 11.4 Å². The zero-order valence-electron chi connectivity index (χ0n) is 21.4. The maximum absolute atomic E-state index is 13.5. The Bertz CT molecular complexity index is 1430. The van der Waals surface area contributed by atoms with Gasteiger partial charge in [-0.3, -0.25) is 9.59 Å². The van der Waals surface area contributed by atoms with Gasteiger partial charge in [-0.15, -0.1) is 0 Å². The van der Waals surface area contributed by atoms with Crippen LogP contribution in [0, 0.1) is 10.8 Å². The third-order valence-electron chi connectivity index (χ3n) is 7.22. The molecule has 0 spiro atoms. The highest BCUT2D eigenvalue weighted by Crippen LogP contribution is 2.51. The van der Waals surface area contributed by atoms with Crippen molar-refractivity contribution in [1.82, 2.24) is 5.32 Å². The number of rotatable bonds is 4. The number of hydrogen-bond acceptors (Lipinski definition) is 6. The molecule has 0 saturated heterocycles. The van der Waals surface area contributed by atoms with Crippen molar-refractivity contribution in [2.24, 2.45) is 10.8 Å². The van der Waals surface area contributed by atoms with Crippen molar-refractivity contribution in [1.29, 1.82) is 0 Å². The Balaban J connectivity index is 1.59. The largest absolute Gasteiger partial charge is 0.379 e. The Morgan fingerprint density at radius 3 is 1.92 bits per heavy atom. The minimum atomic E-state index is -4.11. The quantitative estimate of drug-likeness (QED) is 0.473. The van der Waals surface area contributed by atoms with Crippen LogP contribution in [0.3, 0.4) is 0 Å². The number of Topliss-reactive ketones (excluding diaryl/α,β-unsaturated/α-hetero) is 2. The summed E-state index contributed by atoms with van der Waals surface area (Å²) in [7, 11) is -4.11. The Morgan fingerprint density at radius 1 is 0.838 bits per heavy atom. The van der Waals surface area contributed by atoms with Crippen molar-refractivity contribution in [3.05, 3.63) is 81.7 Å². The molecule has 0 bridgehead atoms. The van der Waals surface area contributed by atoms with Gasteiger partial charge in [0.15, 0.2) is 11.6 Å². The molecule has 194 valence electrons. The van der Waals surface area contributed by atoms with Crippen LogP contribution in [0.15, 0.2) is 76.0 Å². The maximum Gasteiger partial charge on any atom is 0.339 e. The lowest BCUT2D eigenvalue weighted by molar-refractivity contribution is -0.119. The van der Waals surface area contributed by atoms with E-state index < -0.39 is 16.0 Å². The first-order valence-electron chi connectivity index (χ1n) is 12.3. The molecule has 0 amide bonds. The summed E-state index contributed by atoms with van der Waals surface area (Å²) in [4.78, 5) is 27.0. The number of hydrogen-bond donors (Lipinski definition) is 1. The molecular weight excluding hydrogens is 510 g/mol. The van der Waals surface area contributed by atoms with Crippen LogP contribution in [0.1, 0.15) is 64.9 Å². The van der Waals surface area contributed by atoms with Gasteiger partial charge >= 0.3 is 10.1 Å². The highest BCUT2D eigenvalue weighted by Gasteiger charge is 2.46. The second kappa shape index (κ2) is 8.84. The topological polar surface area (TPSA) is 89.5 Å². The number of nitrogens with one attached hydrogen (secondary N) is 1. The first kappa shape index (κ1) is 25.7. The van der Waals surface area contributed by atoms with Crippen molar-refractivity contribution in [2.45, 2.75) is 64.2 Å². The standard InChI is InChI=1S/C29H30ClNO5S/c1-28(2)13-21-26(23(32)15-28)25(27-22(31-21)14-29(3,4)16-24(27)33)17-6-5-7-19(12-17)36-37(34,35)20-10-8-18(30)9-11-20/h5-12,25,31H,13-16H2,1-4H3. The lowest BCUT2D eigenvalue weighted by atomic mass is 9.64. The van der Waals surface area contributed by atoms with Gasteiger partial charge in [0.05, 0.1) is 0 Å². The minimum Gasteiger partial charge on any atom is -0.379 e. The molecule has 1 N–H and O–H groups in total. The van der Waals surface area contributed by atoms with E-state index >= 15 is 0 Å². The van der Waals surface area contributed by atoms with Crippen LogP contribution >= 0.6 is 11.6 Å². The van der Waals surface area contributed by atoms with Crippen molar-refractivity contribution < 1.29 is 22.2 Å². The van der Waals surface area contributed by atoms with Crippen LogP contribution in [-0.4, -0.2) is 20.0 Å². The summed E-state index contributed by atoms with van der Waals surface area (Å²) < 4.78 is 31.3. The Labute approximate surface area is 222 Å². The Hall–Kier alpha value is -2.90. The molecule has 0 unspecified atom stereocenters. The van der Waals surface area contributed by atoms with Crippen molar-refractivity contribution in [2.75, 3.05) is 0 Å². The number of ketones is 2. The van der Waals surface area contributed by atoms with Gasteiger partial charge in [-0.05, 0) is 65.6 Å². The molecule has 2 aliphatic carbocycles. The number of dihydropyridines is 1. The number of halogens is 1. The summed E-state index contributed by atoms with van der Waals surface area (Å²) in [6.07, 6.45) is 2.15. The molecule has 0 fully saturated rings. The van der Waals surface area contributed by atoms with E-state index in [-0.39, 0.29) is 33.0 Å². The van der Waals surface area contributed by atoms with Crippen LogP contribution < -0.4 is 9.50 Å². The van der Waals surface area contributed by atoms with E-state index in [2.05, 4.69) is 33.0 Å². The molecule has 8 heteroatoms. The number of benzene rings is 2. The molecule has 6 nitrogen and oxygen atoms in total. The Kier molecular flexibility index (Phi) is 6.15. The van der Waals surface area contributed by atoms with E-state index in [1.165, 1.54) is 24.3 Å². The average Bonchev–Trinajstić information content (AvgIpc) is 2.76. The summed E-state index contributed by atoms with van der Waals surface area (Å²) in [5.74, 6) is -0.441. The lowest BCUT2D eigenvalue weighted by Crippen LogP contribution is -2.42. The first-order valence-corrected chi connectivity index (χ1v) is 14.1. The second-order valence-corrected chi connectivity index (χ2v) is 13.8. The molecule has 37 heavy (non-hydrogen) atoms. The van der Waals surface area contributed by atoms with Crippen LogP contribution in [0.25, 0.3) is 0 Å². The van der Waals surface area contributed by atoms with E-state index in [4.69, 9.17) is 15.8 Å². The zero-order valence-corrected chi connectivity index (χ0v) is 22.9. The molecule has 1 aliphatic heterocycles. The monoisotopic (exact) mass is 539 g/mol. The maximum atomic E-state index is 13.5. The summed E-state index contributed by atoms with van der Waals surface area (Å²) >= 11 is 5.89. The van der Waals surface area contributed by atoms with E-state index in [0.29, 0.717) is 47.4 Å². The van der Waals surface area contributed by atoms with Crippen molar-refractivity contribution in [3.8, 4) is 5.75 Å². The molecule has 0 aromatic heterocycles. The average molecular weight is 540 g/mol. The fraction of sp³-hybridized carbons (Fsp3) is 0.379. The second-order valence-electron chi connectivity index (χ2n) is 11.8. The molecule has 0 atom stereocenters. The summed E-state index contributed by atoms with van der Waals surface area (Å²) in [6.45, 7) is 8.28. The highest BCUT2D eigenvalue weighted by atomic mass is 35.5. The molecule has 0 saturated carbocycles. The Morgan fingerprint density at radius 2 is 1.38 bits per heavy atom. The van der Waals surface area contributed by atoms with Crippen molar-refractivity contribution in [3.63, 3.8) is 0 Å². The first-order chi connectivity index (χ1) is 17.2. The predicted molar refractivity (Wildman–Crippen MR) is 142 cm³/mol. The minimum absolute atomic E-state index is 0.00745. The third kappa shape index (κ3) is 4.99. The van der Waals surface area contributed by atoms with Crippen LogP contribution in [0.2, 0.25) is 5.02 Å². The summed E-state index contributed by atoms with van der Waals surface area (Å²) in [5, 5.41) is 3.91. The SMILES string of the molecule is CC1(C)CC(=O)C2=C(C1)NC1=C(C(=O)CC(C)(C)C1)C2c1cccc(OS(=O)(=O)c2ccc(Cl)cc2)c1. The van der Waals surface area contributed by atoms with Gasteiger partial charge in [0.25, 0.3) is 0 Å². The van der Waals surface area contributed by atoms with E-state index in [1.807, 2.05) is 6.07 Å². The zero-order chi connectivity index (χ0) is 26.8. The molecular formula is C29H30ClNO5S. The molecule has 0 radical (unpaired) electrons. The lowest BCUT2D eigenvalue weighted by Gasteiger charge is -2.44. The van der Waals surface area contributed by atoms with Gasteiger partial charge < -0.3 is 9.50 Å². The third-order valence-corrected chi connectivity index (χ3v) is 8.73. The number of carbonyl (C=O) groups excluding carboxylic acids is 2. The predicted octanol–water partition coefficient (Wildman–Crippen LogP) is 6.08. The number of carbonyl (C=O) groups is 2. The normalized spacial score (nSPS) is 21.3. The summed E-state index contributed by atoms with van der Waals surface area (Å²) in [5.41, 5.74) is 3.18. The van der Waals surface area contributed by atoms with Crippen LogP contribution in [-0.2, 0) is 19.7 Å². The summed E-state index contributed by atoms with van der Waals surface area (Å²) in [6, 6.07) is 12.4.